The largest absolute Gasteiger partial charge is 0.493 e. The van der Waals surface area contributed by atoms with E-state index in [1.54, 1.807) is 29.9 Å². The maximum Gasteiger partial charge on any atom is 0.255 e. The lowest BCUT2D eigenvalue weighted by atomic mass is 9.83. The molecule has 3 rings (SSSR count). The molecule has 0 saturated heterocycles. The summed E-state index contributed by atoms with van der Waals surface area (Å²) < 4.78 is 18.2. The highest BCUT2D eigenvalue weighted by Crippen LogP contribution is 2.45. The second kappa shape index (κ2) is 8.14. The molecule has 0 fully saturated rings. The van der Waals surface area contributed by atoms with Crippen molar-refractivity contribution in [2.24, 2.45) is 18.5 Å². The van der Waals surface area contributed by atoms with Crippen molar-refractivity contribution in [2.45, 2.75) is 25.7 Å². The molecular weight excluding hydrogens is 374 g/mol. The summed E-state index contributed by atoms with van der Waals surface area (Å²) in [4.78, 5) is 11.0. The standard InChI is InChI=1S/C20H23N5O4/c1-4-5-13-18-17(12(9-21)19(23)29-20(18)25(2)24-13)11-6-7-14(15(8-11)27-3)28-10-16(22)26/h6-8,17H,4-5,10,23H2,1-3H3,(H2,22,26)/t17-/m1/s1. The first kappa shape index (κ1) is 20.1. The number of aromatic nitrogens is 2. The lowest BCUT2D eigenvalue weighted by molar-refractivity contribution is -0.119. The number of nitrogens with two attached hydrogens (primary N) is 2. The Morgan fingerprint density at radius 2 is 2.17 bits per heavy atom. The monoisotopic (exact) mass is 397 g/mol. The second-order valence-electron chi connectivity index (χ2n) is 6.63. The third kappa shape index (κ3) is 3.69. The average molecular weight is 397 g/mol. The molecule has 1 aliphatic rings. The summed E-state index contributed by atoms with van der Waals surface area (Å²) in [5, 5.41) is 14.3. The fraction of sp³-hybridized carbons (Fsp3) is 0.350. The summed E-state index contributed by atoms with van der Waals surface area (Å²) in [6.07, 6.45) is 1.62. The molecule has 0 saturated carbocycles. The molecule has 1 aliphatic heterocycles. The first-order valence-corrected chi connectivity index (χ1v) is 9.13. The normalized spacial score (nSPS) is 15.3. The van der Waals surface area contributed by atoms with Gasteiger partial charge in [0.1, 0.15) is 11.6 Å². The summed E-state index contributed by atoms with van der Waals surface area (Å²) >= 11 is 0. The molecule has 2 heterocycles. The number of hydrogen-bond donors (Lipinski definition) is 2. The number of methoxy groups -OCH3 is 1. The van der Waals surface area contributed by atoms with Gasteiger partial charge in [0.2, 0.25) is 11.8 Å². The van der Waals surface area contributed by atoms with Gasteiger partial charge in [-0.05, 0) is 24.1 Å². The first-order valence-electron chi connectivity index (χ1n) is 9.13. The Morgan fingerprint density at radius 3 is 2.79 bits per heavy atom. The van der Waals surface area contributed by atoms with Crippen molar-refractivity contribution in [1.29, 1.82) is 5.26 Å². The third-order valence-electron chi connectivity index (χ3n) is 4.65. The molecule has 29 heavy (non-hydrogen) atoms. The summed E-state index contributed by atoms with van der Waals surface area (Å²) in [6.45, 7) is 1.79. The third-order valence-corrected chi connectivity index (χ3v) is 4.65. The van der Waals surface area contributed by atoms with Crippen molar-refractivity contribution in [3.63, 3.8) is 0 Å². The molecule has 0 bridgehead atoms. The molecule has 2 aromatic rings. The number of rotatable bonds is 7. The highest BCUT2D eigenvalue weighted by atomic mass is 16.5. The van der Waals surface area contributed by atoms with Crippen molar-refractivity contribution in [2.75, 3.05) is 13.7 Å². The van der Waals surface area contributed by atoms with Crippen molar-refractivity contribution < 1.29 is 19.0 Å². The number of carbonyl (C=O) groups is 1. The van der Waals surface area contributed by atoms with Crippen LogP contribution < -0.4 is 25.7 Å². The molecule has 1 aromatic heterocycles. The Labute approximate surface area is 168 Å². The van der Waals surface area contributed by atoms with Gasteiger partial charge in [0, 0.05) is 7.05 Å². The highest BCUT2D eigenvalue weighted by Gasteiger charge is 2.36. The van der Waals surface area contributed by atoms with Gasteiger partial charge in [0.05, 0.1) is 24.3 Å². The van der Waals surface area contributed by atoms with Crippen LogP contribution in [-0.4, -0.2) is 29.4 Å². The Bertz CT molecular complexity index is 1020. The number of amides is 1. The number of nitrogens with zero attached hydrogens (tertiary/aromatic N) is 3. The Kier molecular flexibility index (Phi) is 5.64. The van der Waals surface area contributed by atoms with Gasteiger partial charge in [-0.3, -0.25) is 4.79 Å². The smallest absolute Gasteiger partial charge is 0.255 e. The van der Waals surface area contributed by atoms with Crippen LogP contribution >= 0.6 is 0 Å². The first-order chi connectivity index (χ1) is 13.9. The predicted molar refractivity (Wildman–Crippen MR) is 104 cm³/mol. The second-order valence-corrected chi connectivity index (χ2v) is 6.63. The molecule has 4 N–H and O–H groups in total. The number of fused-ring (bicyclic) bond motifs is 1. The molecule has 152 valence electrons. The van der Waals surface area contributed by atoms with Gasteiger partial charge in [0.15, 0.2) is 18.1 Å². The zero-order valence-corrected chi connectivity index (χ0v) is 16.6. The van der Waals surface area contributed by atoms with Crippen molar-refractivity contribution in [1.82, 2.24) is 9.78 Å². The van der Waals surface area contributed by atoms with E-state index in [1.807, 2.05) is 0 Å². The Balaban J connectivity index is 2.14. The lowest BCUT2D eigenvalue weighted by Gasteiger charge is -2.25. The van der Waals surface area contributed by atoms with Crippen molar-refractivity contribution >= 4 is 5.91 Å². The van der Waals surface area contributed by atoms with E-state index < -0.39 is 11.8 Å². The molecule has 9 heteroatoms. The number of allylic oxidation sites excluding steroid dienone is 1. The number of ether oxygens (including phenoxy) is 3. The number of primary amides is 1. The maximum absolute atomic E-state index is 11.0. The summed E-state index contributed by atoms with van der Waals surface area (Å²) in [6, 6.07) is 7.40. The topological polar surface area (TPSA) is 138 Å². The van der Waals surface area contributed by atoms with Crippen LogP contribution in [0.1, 0.15) is 36.1 Å². The minimum Gasteiger partial charge on any atom is -0.493 e. The minimum absolute atomic E-state index is 0.0454. The Hall–Kier alpha value is -3.67. The van der Waals surface area contributed by atoms with Gasteiger partial charge in [-0.15, -0.1) is 0 Å². The average Bonchev–Trinajstić information content (AvgIpc) is 3.00. The number of carbonyl (C=O) groups excluding carboxylic acids is 1. The van der Waals surface area contributed by atoms with E-state index in [1.165, 1.54) is 7.11 Å². The SMILES string of the molecule is CCCc1nn(C)c2c1[C@H](c1ccc(OCC(N)=O)c(OC)c1)C(C#N)=C(N)O2. The molecule has 0 unspecified atom stereocenters. The summed E-state index contributed by atoms with van der Waals surface area (Å²) in [7, 11) is 3.27. The van der Waals surface area contributed by atoms with E-state index in [-0.39, 0.29) is 12.5 Å². The maximum atomic E-state index is 11.0. The zero-order valence-electron chi connectivity index (χ0n) is 16.6. The predicted octanol–water partition coefficient (Wildman–Crippen LogP) is 1.46. The number of nitriles is 1. The van der Waals surface area contributed by atoms with E-state index in [9.17, 15) is 10.1 Å². The van der Waals surface area contributed by atoms with Crippen LogP contribution in [0.5, 0.6) is 17.4 Å². The van der Waals surface area contributed by atoms with Gasteiger partial charge >= 0.3 is 0 Å². The van der Waals surface area contributed by atoms with E-state index in [0.717, 1.165) is 29.7 Å². The van der Waals surface area contributed by atoms with E-state index in [4.69, 9.17) is 25.7 Å². The van der Waals surface area contributed by atoms with E-state index >= 15 is 0 Å². The minimum atomic E-state index is -0.591. The quantitative estimate of drug-likeness (QED) is 0.721. The highest BCUT2D eigenvalue weighted by molar-refractivity contribution is 5.75. The van der Waals surface area contributed by atoms with E-state index in [0.29, 0.717) is 23.0 Å². The molecule has 0 spiro atoms. The Morgan fingerprint density at radius 1 is 1.41 bits per heavy atom. The van der Waals surface area contributed by atoms with Gasteiger partial charge in [-0.25, -0.2) is 4.68 Å². The van der Waals surface area contributed by atoms with Crippen molar-refractivity contribution in [3.8, 4) is 23.4 Å². The number of hydrogen-bond acceptors (Lipinski definition) is 7. The molecule has 1 amide bonds. The van der Waals surface area contributed by atoms with Gasteiger partial charge < -0.3 is 25.7 Å². The van der Waals surface area contributed by atoms with Gasteiger partial charge in [-0.1, -0.05) is 19.4 Å². The number of aryl methyl sites for hydroxylation is 2. The van der Waals surface area contributed by atoms with Crippen LogP contribution in [0.15, 0.2) is 29.7 Å². The van der Waals surface area contributed by atoms with Gasteiger partial charge in [-0.2, -0.15) is 10.4 Å². The zero-order chi connectivity index (χ0) is 21.1. The van der Waals surface area contributed by atoms with Crippen LogP contribution in [0.3, 0.4) is 0 Å². The van der Waals surface area contributed by atoms with Crippen LogP contribution in [0.25, 0.3) is 0 Å². The van der Waals surface area contributed by atoms with Crippen LogP contribution in [0, 0.1) is 11.3 Å². The van der Waals surface area contributed by atoms with Crippen LogP contribution in [0.4, 0.5) is 0 Å². The molecule has 0 aliphatic carbocycles. The molecule has 0 radical (unpaired) electrons. The van der Waals surface area contributed by atoms with Crippen LogP contribution in [-0.2, 0) is 18.3 Å². The molecule has 1 aromatic carbocycles. The fourth-order valence-electron chi connectivity index (χ4n) is 3.44. The fourth-order valence-corrected chi connectivity index (χ4v) is 3.44. The summed E-state index contributed by atoms with van der Waals surface area (Å²) in [5.74, 6) is 0.295. The van der Waals surface area contributed by atoms with Crippen LogP contribution in [0.2, 0.25) is 0 Å². The molecule has 9 nitrogen and oxygen atoms in total. The van der Waals surface area contributed by atoms with E-state index in [2.05, 4.69) is 18.1 Å². The summed E-state index contributed by atoms with van der Waals surface area (Å²) in [5.41, 5.74) is 13.9. The number of benzene rings is 1. The van der Waals surface area contributed by atoms with Gasteiger partial charge in [0.25, 0.3) is 5.91 Å². The van der Waals surface area contributed by atoms with Crippen molar-refractivity contribution in [3.05, 3.63) is 46.5 Å². The lowest BCUT2D eigenvalue weighted by Crippen LogP contribution is -2.22. The molecular formula is C20H23N5O4. The molecule has 1 atom stereocenters.